The molecule has 2 aliphatic carbocycles. The molecule has 0 radical (unpaired) electrons. The molecule has 1 aromatic carbocycles. The maximum atomic E-state index is 11.5. The van der Waals surface area contributed by atoms with E-state index in [2.05, 4.69) is 38.1 Å². The van der Waals surface area contributed by atoms with Gasteiger partial charge in [0.2, 0.25) is 0 Å². The lowest BCUT2D eigenvalue weighted by Crippen LogP contribution is -2.55. The first kappa shape index (κ1) is 13.1. The van der Waals surface area contributed by atoms with Crippen molar-refractivity contribution in [2.24, 2.45) is 23.0 Å². The summed E-state index contributed by atoms with van der Waals surface area (Å²) in [5.74, 6) is 0.722. The molecule has 1 aromatic rings. The summed E-state index contributed by atoms with van der Waals surface area (Å²) in [7, 11) is 0. The van der Waals surface area contributed by atoms with E-state index in [1.165, 1.54) is 11.1 Å². The van der Waals surface area contributed by atoms with E-state index in [0.717, 1.165) is 25.7 Å². The number of rotatable bonds is 2. The normalized spacial score (nSPS) is 33.9. The van der Waals surface area contributed by atoms with Crippen molar-refractivity contribution in [3.8, 4) is 0 Å². The summed E-state index contributed by atoms with van der Waals surface area (Å²) in [6, 6.07) is 8.69. The zero-order valence-corrected chi connectivity index (χ0v) is 12.0. The Labute approximate surface area is 116 Å². The number of hydrogen-bond acceptors (Lipinski definition) is 2. The number of nitrogens with two attached hydrogens (primary N) is 1. The number of fused-ring (bicyclic) bond motifs is 3. The third-order valence-corrected chi connectivity index (χ3v) is 5.75. The molecule has 0 aromatic heterocycles. The molecule has 3 N–H and O–H groups in total. The summed E-state index contributed by atoms with van der Waals surface area (Å²) in [4.78, 5) is 0. The third-order valence-electron chi connectivity index (χ3n) is 5.75. The second-order valence-corrected chi connectivity index (χ2v) is 7.06. The molecule has 2 nitrogen and oxygen atoms in total. The van der Waals surface area contributed by atoms with Crippen molar-refractivity contribution in [3.63, 3.8) is 0 Å². The van der Waals surface area contributed by atoms with Crippen LogP contribution in [0.4, 0.5) is 0 Å². The summed E-state index contributed by atoms with van der Waals surface area (Å²) in [6.07, 6.45) is 4.29. The Hall–Kier alpha value is -0.860. The molecule has 19 heavy (non-hydrogen) atoms. The molecule has 0 heterocycles. The molecule has 2 aliphatic rings. The van der Waals surface area contributed by atoms with Gasteiger partial charge < -0.3 is 10.8 Å². The van der Waals surface area contributed by atoms with E-state index < -0.39 is 5.60 Å². The van der Waals surface area contributed by atoms with Gasteiger partial charge in [0.15, 0.2) is 0 Å². The maximum Gasteiger partial charge on any atom is 0.0772 e. The minimum Gasteiger partial charge on any atom is -0.389 e. The third kappa shape index (κ3) is 1.77. The van der Waals surface area contributed by atoms with Crippen LogP contribution in [0.1, 0.15) is 37.8 Å². The molecule has 104 valence electrons. The smallest absolute Gasteiger partial charge is 0.0772 e. The first-order valence-corrected chi connectivity index (χ1v) is 7.48. The van der Waals surface area contributed by atoms with Gasteiger partial charge in [-0.3, -0.25) is 0 Å². The molecular weight excluding hydrogens is 234 g/mol. The van der Waals surface area contributed by atoms with E-state index in [4.69, 9.17) is 5.73 Å². The lowest BCUT2D eigenvalue weighted by Gasteiger charge is -2.46. The Morgan fingerprint density at radius 3 is 2.05 bits per heavy atom. The van der Waals surface area contributed by atoms with Gasteiger partial charge in [0, 0.05) is 12.0 Å². The summed E-state index contributed by atoms with van der Waals surface area (Å²) in [5.41, 5.74) is 8.02. The molecule has 3 rings (SSSR count). The number of benzene rings is 1. The second kappa shape index (κ2) is 4.32. The predicted molar refractivity (Wildman–Crippen MR) is 77.8 cm³/mol. The Morgan fingerprint density at radius 1 is 1.16 bits per heavy atom. The van der Waals surface area contributed by atoms with Crippen LogP contribution in [0.25, 0.3) is 0 Å². The molecule has 0 aliphatic heterocycles. The Balaban J connectivity index is 2.04. The molecule has 2 heteroatoms. The maximum absolute atomic E-state index is 11.5. The molecule has 0 saturated heterocycles. The number of hydrogen-bond donors (Lipinski definition) is 2. The van der Waals surface area contributed by atoms with E-state index in [9.17, 15) is 5.11 Å². The van der Waals surface area contributed by atoms with Crippen LogP contribution in [-0.2, 0) is 12.8 Å². The van der Waals surface area contributed by atoms with Crippen LogP contribution in [0, 0.1) is 17.3 Å². The summed E-state index contributed by atoms with van der Waals surface area (Å²) in [6.45, 7) is 4.81. The van der Waals surface area contributed by atoms with Gasteiger partial charge in [0.05, 0.1) is 5.60 Å². The van der Waals surface area contributed by atoms with Gasteiger partial charge in [0.25, 0.3) is 0 Å². The molecule has 0 spiro atoms. The van der Waals surface area contributed by atoms with Crippen LogP contribution in [-0.4, -0.2) is 17.3 Å². The molecule has 1 saturated carbocycles. The van der Waals surface area contributed by atoms with Crippen LogP contribution in [0.3, 0.4) is 0 Å². The van der Waals surface area contributed by atoms with Crippen LogP contribution < -0.4 is 5.73 Å². The van der Waals surface area contributed by atoms with E-state index in [1.807, 2.05) is 0 Å². The molecule has 0 amide bonds. The van der Waals surface area contributed by atoms with Crippen molar-refractivity contribution in [2.75, 3.05) is 6.54 Å². The lowest BCUT2D eigenvalue weighted by molar-refractivity contribution is -0.121. The van der Waals surface area contributed by atoms with E-state index in [-0.39, 0.29) is 5.41 Å². The van der Waals surface area contributed by atoms with Crippen LogP contribution in [0.15, 0.2) is 24.3 Å². The highest BCUT2D eigenvalue weighted by molar-refractivity contribution is 5.32. The highest BCUT2D eigenvalue weighted by atomic mass is 16.3. The summed E-state index contributed by atoms with van der Waals surface area (Å²) >= 11 is 0. The van der Waals surface area contributed by atoms with Crippen molar-refractivity contribution in [1.29, 1.82) is 0 Å². The quantitative estimate of drug-likeness (QED) is 0.857. The fourth-order valence-corrected chi connectivity index (χ4v) is 4.45. The predicted octanol–water partition coefficient (Wildman–Crippen LogP) is 2.53. The molecule has 2 atom stereocenters. The van der Waals surface area contributed by atoms with Crippen molar-refractivity contribution >= 4 is 0 Å². The zero-order chi connectivity index (χ0) is 13.7. The van der Waals surface area contributed by atoms with E-state index in [0.29, 0.717) is 18.4 Å². The van der Waals surface area contributed by atoms with Gasteiger partial charge in [-0.2, -0.15) is 0 Å². The summed E-state index contributed by atoms with van der Waals surface area (Å²) in [5, 5.41) is 11.5. The van der Waals surface area contributed by atoms with Crippen LogP contribution in [0.2, 0.25) is 0 Å². The molecule has 2 bridgehead atoms. The molecule has 2 unspecified atom stereocenters. The van der Waals surface area contributed by atoms with Gasteiger partial charge >= 0.3 is 0 Å². The summed E-state index contributed by atoms with van der Waals surface area (Å²) < 4.78 is 0. The highest BCUT2D eigenvalue weighted by Crippen LogP contribution is 2.54. The SMILES string of the molecule is CC(C)(CN)C1(O)C2CCC1Cc1ccccc1C2. The van der Waals surface area contributed by atoms with E-state index >= 15 is 0 Å². The van der Waals surface area contributed by atoms with Crippen molar-refractivity contribution in [2.45, 2.75) is 45.1 Å². The number of aliphatic hydroxyl groups is 1. The topological polar surface area (TPSA) is 46.2 Å². The first-order valence-electron chi connectivity index (χ1n) is 7.48. The van der Waals surface area contributed by atoms with Crippen molar-refractivity contribution in [1.82, 2.24) is 0 Å². The fourth-order valence-electron chi connectivity index (χ4n) is 4.45. The zero-order valence-electron chi connectivity index (χ0n) is 12.0. The van der Waals surface area contributed by atoms with Gasteiger partial charge in [0.1, 0.15) is 0 Å². The standard InChI is InChI=1S/C17H25NO/c1-16(2,11-18)17(19)14-7-8-15(17)10-13-6-4-3-5-12(13)9-14/h3-6,14-15,19H,7-11,18H2,1-2H3. The Morgan fingerprint density at radius 2 is 1.63 bits per heavy atom. The first-order chi connectivity index (χ1) is 8.99. The van der Waals surface area contributed by atoms with E-state index in [1.54, 1.807) is 0 Å². The van der Waals surface area contributed by atoms with Crippen LogP contribution in [0.5, 0.6) is 0 Å². The average Bonchev–Trinajstić information content (AvgIpc) is 2.62. The van der Waals surface area contributed by atoms with Crippen LogP contribution >= 0.6 is 0 Å². The minimum atomic E-state index is -0.610. The lowest BCUT2D eigenvalue weighted by atomic mass is 9.64. The van der Waals surface area contributed by atoms with Crippen molar-refractivity contribution < 1.29 is 5.11 Å². The Bertz CT molecular complexity index is 447. The molecular formula is C17H25NO. The Kier molecular flexibility index (Phi) is 2.99. The van der Waals surface area contributed by atoms with Gasteiger partial charge in [-0.05, 0) is 48.6 Å². The molecule has 1 fully saturated rings. The largest absolute Gasteiger partial charge is 0.389 e. The fraction of sp³-hybridized carbons (Fsp3) is 0.647. The van der Waals surface area contributed by atoms with Crippen molar-refractivity contribution in [3.05, 3.63) is 35.4 Å². The monoisotopic (exact) mass is 259 g/mol. The highest BCUT2D eigenvalue weighted by Gasteiger charge is 2.57. The average molecular weight is 259 g/mol. The van der Waals surface area contributed by atoms with Gasteiger partial charge in [-0.1, -0.05) is 38.1 Å². The van der Waals surface area contributed by atoms with Gasteiger partial charge in [-0.25, -0.2) is 0 Å². The minimum absolute atomic E-state index is 0.207. The van der Waals surface area contributed by atoms with Gasteiger partial charge in [-0.15, -0.1) is 0 Å². The second-order valence-electron chi connectivity index (χ2n) is 7.06.